The Bertz CT molecular complexity index is 839. The van der Waals surface area contributed by atoms with E-state index in [2.05, 4.69) is 22.1 Å². The summed E-state index contributed by atoms with van der Waals surface area (Å²) in [7, 11) is 0. The van der Waals surface area contributed by atoms with E-state index in [1.165, 1.54) is 12.3 Å². The molecule has 2 bridgehead atoms. The number of aromatic nitrogens is 1. The minimum Gasteiger partial charge on any atom is -0.432 e. The number of carbonyl (C=O) groups is 1. The van der Waals surface area contributed by atoms with Crippen molar-refractivity contribution in [2.24, 2.45) is 5.92 Å². The molecule has 136 valence electrons. The molecule has 5 rings (SSSR count). The molecular formula is C18H20N4O4. The van der Waals surface area contributed by atoms with E-state index in [1.54, 1.807) is 18.2 Å². The Kier molecular flexibility index (Phi) is 4.20. The molecule has 3 aliphatic rings. The number of nitro benzene ring substituents is 1. The number of hydrogen-bond donors (Lipinski definition) is 1. The lowest BCUT2D eigenvalue weighted by molar-refractivity contribution is -0.384. The lowest BCUT2D eigenvalue weighted by Gasteiger charge is -2.49. The highest BCUT2D eigenvalue weighted by Gasteiger charge is 2.41. The molecule has 0 aliphatic carbocycles. The molecule has 0 saturated carbocycles. The summed E-state index contributed by atoms with van der Waals surface area (Å²) >= 11 is 0. The van der Waals surface area contributed by atoms with Gasteiger partial charge in [-0.3, -0.25) is 19.8 Å². The van der Waals surface area contributed by atoms with Crippen molar-refractivity contribution in [3.05, 3.63) is 46.5 Å². The number of para-hydroxylation sites is 1. The Hall–Kier alpha value is -2.74. The van der Waals surface area contributed by atoms with Crippen LogP contribution in [0.2, 0.25) is 0 Å². The van der Waals surface area contributed by atoms with Crippen molar-refractivity contribution in [1.82, 2.24) is 15.2 Å². The van der Waals surface area contributed by atoms with Crippen LogP contribution in [0.1, 0.15) is 30.5 Å². The minimum atomic E-state index is -0.480. The zero-order chi connectivity index (χ0) is 18.3. The quantitative estimate of drug-likeness (QED) is 0.667. The summed E-state index contributed by atoms with van der Waals surface area (Å²) < 4.78 is 5.54. The van der Waals surface area contributed by atoms with Gasteiger partial charge in [0.05, 0.1) is 16.7 Å². The molecule has 1 amide bonds. The second-order valence-corrected chi connectivity index (χ2v) is 6.92. The molecule has 26 heavy (non-hydrogen) atoms. The fourth-order valence-corrected chi connectivity index (χ4v) is 4.10. The Balaban J connectivity index is 1.53. The van der Waals surface area contributed by atoms with Gasteiger partial charge in [-0.05, 0) is 44.8 Å². The van der Waals surface area contributed by atoms with Crippen LogP contribution in [0.5, 0.6) is 0 Å². The summed E-state index contributed by atoms with van der Waals surface area (Å²) in [5.41, 5.74) is 0.224. The van der Waals surface area contributed by atoms with Crippen LogP contribution in [0.4, 0.5) is 5.69 Å². The highest BCUT2D eigenvalue weighted by atomic mass is 16.6. The molecule has 1 aromatic heterocycles. The molecule has 3 fully saturated rings. The van der Waals surface area contributed by atoms with E-state index in [1.807, 2.05) is 0 Å². The second-order valence-electron chi connectivity index (χ2n) is 6.92. The molecular weight excluding hydrogens is 336 g/mol. The maximum absolute atomic E-state index is 12.6. The molecule has 2 atom stereocenters. The molecule has 0 radical (unpaired) electrons. The molecule has 2 aromatic rings. The molecule has 8 nitrogen and oxygen atoms in total. The van der Waals surface area contributed by atoms with Crippen LogP contribution in [0.25, 0.3) is 11.3 Å². The third kappa shape index (κ3) is 2.86. The van der Waals surface area contributed by atoms with E-state index >= 15 is 0 Å². The standard InChI is InChI=1S/C18H20N4O4/c1-11-16(12-6-8-21(11)9-7-12)20-17(23)18-19-10-15(26-18)13-4-2-3-5-14(13)22(24)25/h2-5,10-12,16H,6-9H2,1H3,(H,20,23)/t11-,16-/m0/s1. The fraction of sp³-hybridized carbons (Fsp3) is 0.444. The molecule has 1 N–H and O–H groups in total. The van der Waals surface area contributed by atoms with Crippen LogP contribution in [0.15, 0.2) is 34.9 Å². The maximum atomic E-state index is 12.6. The van der Waals surface area contributed by atoms with Gasteiger partial charge in [0.1, 0.15) is 0 Å². The molecule has 4 heterocycles. The number of nitrogens with zero attached hydrogens (tertiary/aromatic N) is 3. The van der Waals surface area contributed by atoms with Crippen LogP contribution in [-0.2, 0) is 0 Å². The van der Waals surface area contributed by atoms with Gasteiger partial charge in [0.2, 0.25) is 0 Å². The van der Waals surface area contributed by atoms with Crippen molar-refractivity contribution in [3.63, 3.8) is 0 Å². The van der Waals surface area contributed by atoms with Crippen molar-refractivity contribution >= 4 is 11.6 Å². The number of carbonyl (C=O) groups excluding carboxylic acids is 1. The van der Waals surface area contributed by atoms with Gasteiger partial charge in [0.25, 0.3) is 11.6 Å². The van der Waals surface area contributed by atoms with E-state index in [-0.39, 0.29) is 35.3 Å². The van der Waals surface area contributed by atoms with Gasteiger partial charge in [0.15, 0.2) is 5.76 Å². The smallest absolute Gasteiger partial charge is 0.307 e. The Morgan fingerprint density at radius 3 is 2.77 bits per heavy atom. The van der Waals surface area contributed by atoms with Gasteiger partial charge in [-0.25, -0.2) is 4.98 Å². The number of amides is 1. The first kappa shape index (κ1) is 16.7. The van der Waals surface area contributed by atoms with Gasteiger partial charge < -0.3 is 9.73 Å². The molecule has 3 saturated heterocycles. The topological polar surface area (TPSA) is 102 Å². The summed E-state index contributed by atoms with van der Waals surface area (Å²) in [5, 5.41) is 14.2. The Morgan fingerprint density at radius 2 is 2.08 bits per heavy atom. The van der Waals surface area contributed by atoms with Crippen molar-refractivity contribution in [2.75, 3.05) is 13.1 Å². The fourth-order valence-electron chi connectivity index (χ4n) is 4.10. The SMILES string of the molecule is C[C@H]1[C@H](NC(=O)c2ncc(-c3ccccc3[N+](=O)[O-])o2)C2CCN1CC2. The van der Waals surface area contributed by atoms with Gasteiger partial charge in [-0.15, -0.1) is 0 Å². The normalized spacial score (nSPS) is 27.3. The first-order chi connectivity index (χ1) is 12.5. The van der Waals surface area contributed by atoms with Crippen LogP contribution >= 0.6 is 0 Å². The summed E-state index contributed by atoms with van der Waals surface area (Å²) in [6.07, 6.45) is 3.53. The van der Waals surface area contributed by atoms with E-state index in [0.29, 0.717) is 11.5 Å². The van der Waals surface area contributed by atoms with Gasteiger partial charge in [-0.2, -0.15) is 0 Å². The zero-order valence-electron chi connectivity index (χ0n) is 14.4. The van der Waals surface area contributed by atoms with E-state index in [4.69, 9.17) is 4.42 Å². The van der Waals surface area contributed by atoms with Crippen LogP contribution < -0.4 is 5.32 Å². The van der Waals surface area contributed by atoms with Crippen molar-refractivity contribution in [3.8, 4) is 11.3 Å². The highest BCUT2D eigenvalue weighted by molar-refractivity contribution is 5.90. The molecule has 0 unspecified atom stereocenters. The molecule has 8 heteroatoms. The first-order valence-electron chi connectivity index (χ1n) is 8.79. The monoisotopic (exact) mass is 356 g/mol. The lowest BCUT2D eigenvalue weighted by atomic mass is 9.79. The molecule has 1 aromatic carbocycles. The number of rotatable bonds is 4. The zero-order valence-corrected chi connectivity index (χ0v) is 14.4. The van der Waals surface area contributed by atoms with E-state index in [0.717, 1.165) is 25.9 Å². The van der Waals surface area contributed by atoms with Crippen LogP contribution in [-0.4, -0.2) is 45.9 Å². The van der Waals surface area contributed by atoms with Gasteiger partial charge >= 0.3 is 5.91 Å². The summed E-state index contributed by atoms with van der Waals surface area (Å²) in [6.45, 7) is 4.29. The number of piperidine rings is 3. The molecule has 3 aliphatic heterocycles. The van der Waals surface area contributed by atoms with Crippen molar-refractivity contribution in [2.45, 2.75) is 31.8 Å². The largest absolute Gasteiger partial charge is 0.432 e. The van der Waals surface area contributed by atoms with Gasteiger partial charge in [0, 0.05) is 18.2 Å². The predicted octanol–water partition coefficient (Wildman–Crippen LogP) is 2.46. The number of nitro groups is 1. The summed E-state index contributed by atoms with van der Waals surface area (Å²) in [5.74, 6) is 0.246. The maximum Gasteiger partial charge on any atom is 0.307 e. The number of benzene rings is 1. The van der Waals surface area contributed by atoms with Crippen molar-refractivity contribution in [1.29, 1.82) is 0 Å². The van der Waals surface area contributed by atoms with Crippen LogP contribution in [0.3, 0.4) is 0 Å². The lowest BCUT2D eigenvalue weighted by Crippen LogP contribution is -2.62. The minimum absolute atomic E-state index is 0.0678. The van der Waals surface area contributed by atoms with Crippen LogP contribution in [0, 0.1) is 16.0 Å². The third-order valence-corrected chi connectivity index (χ3v) is 5.54. The number of nitrogens with one attached hydrogen (secondary N) is 1. The number of oxazole rings is 1. The molecule has 0 spiro atoms. The second kappa shape index (κ2) is 6.53. The average molecular weight is 356 g/mol. The van der Waals surface area contributed by atoms with Crippen molar-refractivity contribution < 1.29 is 14.1 Å². The predicted molar refractivity (Wildman–Crippen MR) is 93.6 cm³/mol. The Morgan fingerprint density at radius 1 is 1.35 bits per heavy atom. The van der Waals surface area contributed by atoms with E-state index in [9.17, 15) is 14.9 Å². The average Bonchev–Trinajstić information content (AvgIpc) is 3.15. The third-order valence-electron chi connectivity index (χ3n) is 5.54. The van der Waals surface area contributed by atoms with E-state index < -0.39 is 4.92 Å². The summed E-state index contributed by atoms with van der Waals surface area (Å²) in [6, 6.07) is 6.60. The number of hydrogen-bond acceptors (Lipinski definition) is 6. The Labute approximate surface area is 150 Å². The van der Waals surface area contributed by atoms with Gasteiger partial charge in [-0.1, -0.05) is 12.1 Å². The summed E-state index contributed by atoms with van der Waals surface area (Å²) in [4.78, 5) is 29.7. The first-order valence-corrected chi connectivity index (χ1v) is 8.79. The highest BCUT2D eigenvalue weighted by Crippen LogP contribution is 2.33. The number of fused-ring (bicyclic) bond motifs is 3.